The summed E-state index contributed by atoms with van der Waals surface area (Å²) in [6.07, 6.45) is 1.01. The fraction of sp³-hybridized carbons (Fsp3) is 0.462. The molecule has 0 heterocycles. The van der Waals surface area contributed by atoms with Crippen LogP contribution >= 0.6 is 12.2 Å². The molecule has 0 unspecified atom stereocenters. The molecular formula is C13H19NO2S. The molecule has 4 heteroatoms. The van der Waals surface area contributed by atoms with Crippen LogP contribution in [-0.4, -0.2) is 31.9 Å². The van der Waals surface area contributed by atoms with Crippen molar-refractivity contribution in [2.24, 2.45) is 0 Å². The van der Waals surface area contributed by atoms with Gasteiger partial charge in [-0.05, 0) is 30.7 Å². The molecule has 0 saturated heterocycles. The van der Waals surface area contributed by atoms with Crippen molar-refractivity contribution in [3.05, 3.63) is 29.8 Å². The quantitative estimate of drug-likeness (QED) is 0.597. The average molecular weight is 253 g/mol. The smallest absolute Gasteiger partial charge is 0.119 e. The maximum absolute atomic E-state index is 5.50. The van der Waals surface area contributed by atoms with Crippen molar-refractivity contribution in [2.75, 3.05) is 26.9 Å². The molecule has 1 N–H and O–H groups in total. The average Bonchev–Trinajstić information content (AvgIpc) is 2.37. The van der Waals surface area contributed by atoms with Gasteiger partial charge in [0.05, 0.1) is 13.2 Å². The van der Waals surface area contributed by atoms with Crippen LogP contribution in [0.2, 0.25) is 0 Å². The van der Waals surface area contributed by atoms with E-state index < -0.39 is 0 Å². The van der Waals surface area contributed by atoms with Gasteiger partial charge in [-0.2, -0.15) is 0 Å². The third kappa shape index (κ3) is 5.15. The van der Waals surface area contributed by atoms with Gasteiger partial charge in [0.25, 0.3) is 0 Å². The van der Waals surface area contributed by atoms with Crippen LogP contribution in [0.1, 0.15) is 18.9 Å². The first kappa shape index (κ1) is 13.9. The van der Waals surface area contributed by atoms with Gasteiger partial charge in [0.15, 0.2) is 0 Å². The van der Waals surface area contributed by atoms with Gasteiger partial charge in [-0.15, -0.1) is 0 Å². The normalized spacial score (nSPS) is 10.0. The molecule has 0 aromatic heterocycles. The molecule has 0 aliphatic carbocycles. The maximum Gasteiger partial charge on any atom is 0.119 e. The molecule has 0 fully saturated rings. The lowest BCUT2D eigenvalue weighted by Crippen LogP contribution is -2.25. The van der Waals surface area contributed by atoms with Crippen molar-refractivity contribution in [1.29, 1.82) is 0 Å². The minimum absolute atomic E-state index is 0.651. The van der Waals surface area contributed by atoms with Gasteiger partial charge < -0.3 is 14.8 Å². The van der Waals surface area contributed by atoms with Crippen molar-refractivity contribution in [2.45, 2.75) is 13.3 Å². The summed E-state index contributed by atoms with van der Waals surface area (Å²) in [4.78, 5) is 0.740. The Morgan fingerprint density at radius 2 is 1.94 bits per heavy atom. The number of benzene rings is 1. The van der Waals surface area contributed by atoms with E-state index in [0.717, 1.165) is 35.9 Å². The summed E-state index contributed by atoms with van der Waals surface area (Å²) >= 11 is 5.26. The lowest BCUT2D eigenvalue weighted by molar-refractivity contribution is 0.204. The van der Waals surface area contributed by atoms with E-state index >= 15 is 0 Å². The minimum Gasteiger partial charge on any atom is -0.494 e. The summed E-state index contributed by atoms with van der Waals surface area (Å²) < 4.78 is 10.5. The summed E-state index contributed by atoms with van der Waals surface area (Å²) in [5.74, 6) is 0.885. The van der Waals surface area contributed by atoms with Crippen LogP contribution in [0.5, 0.6) is 5.75 Å². The van der Waals surface area contributed by atoms with Gasteiger partial charge in [-0.3, -0.25) is 0 Å². The molecule has 0 radical (unpaired) electrons. The topological polar surface area (TPSA) is 30.5 Å². The Kier molecular flexibility index (Phi) is 6.58. The zero-order valence-corrected chi connectivity index (χ0v) is 11.2. The summed E-state index contributed by atoms with van der Waals surface area (Å²) in [6.45, 7) is 4.21. The summed E-state index contributed by atoms with van der Waals surface area (Å²) in [7, 11) is 1.67. The van der Waals surface area contributed by atoms with Crippen LogP contribution < -0.4 is 10.1 Å². The predicted octanol–water partition coefficient (Wildman–Crippen LogP) is 2.39. The number of hydrogen-bond donors (Lipinski definition) is 1. The molecule has 1 rings (SSSR count). The summed E-state index contributed by atoms with van der Waals surface area (Å²) in [5.41, 5.74) is 1.000. The Morgan fingerprint density at radius 1 is 1.24 bits per heavy atom. The van der Waals surface area contributed by atoms with E-state index in [1.165, 1.54) is 0 Å². The van der Waals surface area contributed by atoms with Gasteiger partial charge >= 0.3 is 0 Å². The molecule has 0 amide bonds. The second kappa shape index (κ2) is 8.03. The Bertz CT molecular complexity index is 338. The highest BCUT2D eigenvalue weighted by atomic mass is 32.1. The van der Waals surface area contributed by atoms with Gasteiger partial charge in [-0.1, -0.05) is 19.1 Å². The highest BCUT2D eigenvalue weighted by molar-refractivity contribution is 7.80. The van der Waals surface area contributed by atoms with Gasteiger partial charge in [0.2, 0.25) is 0 Å². The Hall–Kier alpha value is -1.13. The number of nitrogens with one attached hydrogen (secondary N) is 1. The highest BCUT2D eigenvalue weighted by Crippen LogP contribution is 2.12. The number of ether oxygens (including phenoxy) is 2. The number of rotatable bonds is 7. The van der Waals surface area contributed by atoms with E-state index in [-0.39, 0.29) is 0 Å². The molecule has 1 aromatic carbocycles. The fourth-order valence-corrected chi connectivity index (χ4v) is 1.53. The third-order valence-corrected chi connectivity index (χ3v) is 2.56. The van der Waals surface area contributed by atoms with E-state index in [1.54, 1.807) is 7.11 Å². The molecule has 0 spiro atoms. The molecule has 94 valence electrons. The maximum atomic E-state index is 5.50. The molecular weight excluding hydrogens is 234 g/mol. The highest BCUT2D eigenvalue weighted by Gasteiger charge is 2.00. The Labute approximate surface area is 108 Å². The molecule has 1 aromatic rings. The van der Waals surface area contributed by atoms with Crippen LogP contribution in [0, 0.1) is 0 Å². The molecule has 0 aliphatic heterocycles. The third-order valence-electron chi connectivity index (χ3n) is 2.18. The molecule has 3 nitrogen and oxygen atoms in total. The first-order valence-corrected chi connectivity index (χ1v) is 6.18. The van der Waals surface area contributed by atoms with Gasteiger partial charge in [0, 0.05) is 19.2 Å². The first-order valence-electron chi connectivity index (χ1n) is 5.78. The van der Waals surface area contributed by atoms with E-state index in [4.69, 9.17) is 21.7 Å². The van der Waals surface area contributed by atoms with Crippen LogP contribution in [0.25, 0.3) is 0 Å². The van der Waals surface area contributed by atoms with E-state index in [1.807, 2.05) is 24.3 Å². The van der Waals surface area contributed by atoms with Crippen molar-refractivity contribution >= 4 is 17.2 Å². The Morgan fingerprint density at radius 3 is 2.53 bits per heavy atom. The van der Waals surface area contributed by atoms with E-state index in [0.29, 0.717) is 6.61 Å². The van der Waals surface area contributed by atoms with Crippen molar-refractivity contribution in [3.63, 3.8) is 0 Å². The van der Waals surface area contributed by atoms with Crippen LogP contribution in [0.3, 0.4) is 0 Å². The number of hydrogen-bond acceptors (Lipinski definition) is 3. The second-order valence-electron chi connectivity index (χ2n) is 3.62. The van der Waals surface area contributed by atoms with Crippen LogP contribution in [0.15, 0.2) is 24.3 Å². The van der Waals surface area contributed by atoms with Gasteiger partial charge in [-0.25, -0.2) is 0 Å². The number of methoxy groups -OCH3 is 1. The lowest BCUT2D eigenvalue weighted by Gasteiger charge is -2.09. The van der Waals surface area contributed by atoms with E-state index in [2.05, 4.69) is 12.2 Å². The molecule has 0 aliphatic rings. The van der Waals surface area contributed by atoms with E-state index in [9.17, 15) is 0 Å². The first-order chi connectivity index (χ1) is 8.27. The zero-order chi connectivity index (χ0) is 12.5. The zero-order valence-electron chi connectivity index (χ0n) is 10.4. The molecule has 0 atom stereocenters. The fourth-order valence-electron chi connectivity index (χ4n) is 1.29. The lowest BCUT2D eigenvalue weighted by atomic mass is 10.2. The van der Waals surface area contributed by atoms with Crippen molar-refractivity contribution in [3.8, 4) is 5.75 Å². The van der Waals surface area contributed by atoms with Crippen molar-refractivity contribution in [1.82, 2.24) is 5.32 Å². The minimum atomic E-state index is 0.651. The largest absolute Gasteiger partial charge is 0.494 e. The molecule has 17 heavy (non-hydrogen) atoms. The number of thiocarbonyl (C=S) groups is 1. The molecule has 0 bridgehead atoms. The Balaban J connectivity index is 2.46. The SMILES string of the molecule is CCCOc1ccc(C(=S)NCCOC)cc1. The molecule has 0 saturated carbocycles. The van der Waals surface area contributed by atoms with Gasteiger partial charge in [0.1, 0.15) is 10.7 Å². The second-order valence-corrected chi connectivity index (χ2v) is 4.03. The van der Waals surface area contributed by atoms with Crippen LogP contribution in [0.4, 0.5) is 0 Å². The standard InChI is InChI=1S/C13H19NO2S/c1-3-9-16-12-6-4-11(5-7-12)13(17)14-8-10-15-2/h4-7H,3,8-10H2,1-2H3,(H,14,17). The monoisotopic (exact) mass is 253 g/mol. The van der Waals surface area contributed by atoms with Crippen LogP contribution in [-0.2, 0) is 4.74 Å². The summed E-state index contributed by atoms with van der Waals surface area (Å²) in [5, 5.41) is 3.13. The predicted molar refractivity (Wildman–Crippen MR) is 73.8 cm³/mol. The summed E-state index contributed by atoms with van der Waals surface area (Å²) in [6, 6.07) is 7.81. The van der Waals surface area contributed by atoms with Crippen molar-refractivity contribution < 1.29 is 9.47 Å².